The van der Waals surface area contributed by atoms with Crippen molar-refractivity contribution in [2.24, 2.45) is 5.92 Å². The predicted molar refractivity (Wildman–Crippen MR) is 80.8 cm³/mol. The van der Waals surface area contributed by atoms with Crippen LogP contribution in [0.1, 0.15) is 54.9 Å². The van der Waals surface area contributed by atoms with Gasteiger partial charge in [0.15, 0.2) is 0 Å². The first-order chi connectivity index (χ1) is 10.2. The number of carbonyl (C=O) groups is 1. The van der Waals surface area contributed by atoms with Crippen LogP contribution in [0.25, 0.3) is 0 Å². The van der Waals surface area contributed by atoms with E-state index in [4.69, 9.17) is 9.47 Å². The van der Waals surface area contributed by atoms with Crippen LogP contribution in [0, 0.1) is 5.92 Å². The van der Waals surface area contributed by atoms with Gasteiger partial charge in [-0.15, -0.1) is 0 Å². The van der Waals surface area contributed by atoms with Gasteiger partial charge < -0.3 is 14.6 Å². The SMILES string of the molecule is CCC1CCCCC1OCc1ccc(OC)c(C(=O)O)c1. The summed E-state index contributed by atoms with van der Waals surface area (Å²) in [5.41, 5.74) is 1.07. The van der Waals surface area contributed by atoms with Crippen LogP contribution in [0.5, 0.6) is 5.75 Å². The Bertz CT molecular complexity index is 484. The molecule has 0 saturated heterocycles. The molecule has 116 valence electrons. The highest BCUT2D eigenvalue weighted by Crippen LogP contribution is 2.30. The van der Waals surface area contributed by atoms with Crippen molar-refractivity contribution in [1.29, 1.82) is 0 Å². The van der Waals surface area contributed by atoms with Gasteiger partial charge in [-0.05, 0) is 36.5 Å². The smallest absolute Gasteiger partial charge is 0.339 e. The zero-order valence-electron chi connectivity index (χ0n) is 12.8. The average molecular weight is 292 g/mol. The van der Waals surface area contributed by atoms with Crippen LogP contribution in [-0.2, 0) is 11.3 Å². The lowest BCUT2D eigenvalue weighted by Crippen LogP contribution is -2.27. The Morgan fingerprint density at radius 3 is 2.76 bits per heavy atom. The zero-order valence-corrected chi connectivity index (χ0v) is 12.8. The van der Waals surface area contributed by atoms with Gasteiger partial charge >= 0.3 is 5.97 Å². The van der Waals surface area contributed by atoms with Crippen LogP contribution >= 0.6 is 0 Å². The molecule has 2 atom stereocenters. The summed E-state index contributed by atoms with van der Waals surface area (Å²) in [6, 6.07) is 5.21. The topological polar surface area (TPSA) is 55.8 Å². The zero-order chi connectivity index (χ0) is 15.2. The van der Waals surface area contributed by atoms with Gasteiger partial charge in [-0.3, -0.25) is 0 Å². The maximum absolute atomic E-state index is 11.2. The summed E-state index contributed by atoms with van der Waals surface area (Å²) in [4.78, 5) is 11.2. The standard InChI is InChI=1S/C17H24O4/c1-3-13-6-4-5-7-15(13)21-11-12-8-9-16(20-2)14(10-12)17(18)19/h8-10,13,15H,3-7,11H2,1-2H3,(H,18,19). The van der Waals surface area contributed by atoms with Crippen molar-refractivity contribution in [1.82, 2.24) is 0 Å². The Balaban J connectivity index is 2.02. The minimum atomic E-state index is -0.974. The molecule has 1 aliphatic rings. The monoisotopic (exact) mass is 292 g/mol. The minimum absolute atomic E-state index is 0.189. The first-order valence-electron chi connectivity index (χ1n) is 7.67. The summed E-state index contributed by atoms with van der Waals surface area (Å²) in [7, 11) is 1.48. The third-order valence-electron chi connectivity index (χ3n) is 4.32. The summed E-state index contributed by atoms with van der Waals surface area (Å²) in [6.07, 6.45) is 6.33. The van der Waals surface area contributed by atoms with Gasteiger partial charge in [-0.1, -0.05) is 32.3 Å². The highest BCUT2D eigenvalue weighted by Gasteiger charge is 2.24. The van der Waals surface area contributed by atoms with Crippen LogP contribution in [-0.4, -0.2) is 24.3 Å². The van der Waals surface area contributed by atoms with Gasteiger partial charge in [0.2, 0.25) is 0 Å². The second-order valence-corrected chi connectivity index (χ2v) is 5.64. The molecule has 2 unspecified atom stereocenters. The highest BCUT2D eigenvalue weighted by molar-refractivity contribution is 5.91. The highest BCUT2D eigenvalue weighted by atomic mass is 16.5. The summed E-state index contributed by atoms with van der Waals surface area (Å²) in [6.45, 7) is 2.67. The summed E-state index contributed by atoms with van der Waals surface area (Å²) < 4.78 is 11.1. The molecule has 0 amide bonds. The van der Waals surface area contributed by atoms with Gasteiger partial charge in [0, 0.05) is 0 Å². The summed E-state index contributed by atoms with van der Waals surface area (Å²) in [5.74, 6) is 0.0455. The van der Waals surface area contributed by atoms with Crippen molar-refractivity contribution >= 4 is 5.97 Å². The minimum Gasteiger partial charge on any atom is -0.496 e. The van der Waals surface area contributed by atoms with E-state index < -0.39 is 5.97 Å². The Hall–Kier alpha value is -1.55. The Labute approximate surface area is 126 Å². The fourth-order valence-corrected chi connectivity index (χ4v) is 3.08. The molecule has 4 heteroatoms. The second kappa shape index (κ2) is 7.46. The van der Waals surface area contributed by atoms with Crippen LogP contribution < -0.4 is 4.74 Å². The Morgan fingerprint density at radius 2 is 2.10 bits per heavy atom. The van der Waals surface area contributed by atoms with E-state index in [9.17, 15) is 9.90 Å². The van der Waals surface area contributed by atoms with Gasteiger partial charge in [-0.2, -0.15) is 0 Å². The van der Waals surface area contributed by atoms with Crippen LogP contribution in [0.2, 0.25) is 0 Å². The largest absolute Gasteiger partial charge is 0.496 e. The molecule has 0 heterocycles. The van der Waals surface area contributed by atoms with Gasteiger partial charge in [-0.25, -0.2) is 4.79 Å². The Morgan fingerprint density at radius 1 is 1.33 bits per heavy atom. The molecule has 4 nitrogen and oxygen atoms in total. The molecular formula is C17H24O4. The predicted octanol–water partition coefficient (Wildman–Crippen LogP) is 3.88. The number of rotatable bonds is 6. The van der Waals surface area contributed by atoms with Gasteiger partial charge in [0.05, 0.1) is 19.8 Å². The first kappa shape index (κ1) is 15.8. The fraction of sp³-hybridized carbons (Fsp3) is 0.588. The lowest BCUT2D eigenvalue weighted by atomic mass is 9.85. The molecule has 1 aromatic rings. The molecule has 1 N–H and O–H groups in total. The maximum Gasteiger partial charge on any atom is 0.339 e. The summed E-state index contributed by atoms with van der Waals surface area (Å²) >= 11 is 0. The number of benzene rings is 1. The molecule has 1 fully saturated rings. The lowest BCUT2D eigenvalue weighted by Gasteiger charge is -2.30. The normalized spacial score (nSPS) is 22.0. The average Bonchev–Trinajstić information content (AvgIpc) is 2.52. The van der Waals surface area contributed by atoms with Crippen molar-refractivity contribution in [2.75, 3.05) is 7.11 Å². The molecular weight excluding hydrogens is 268 g/mol. The molecule has 1 saturated carbocycles. The third-order valence-corrected chi connectivity index (χ3v) is 4.32. The number of carboxylic acid groups (broad SMARTS) is 1. The maximum atomic E-state index is 11.2. The van der Waals surface area contributed by atoms with E-state index in [0.29, 0.717) is 24.4 Å². The van der Waals surface area contributed by atoms with Gasteiger partial charge in [0.1, 0.15) is 11.3 Å². The molecule has 0 radical (unpaired) electrons. The molecule has 21 heavy (non-hydrogen) atoms. The van der Waals surface area contributed by atoms with E-state index in [0.717, 1.165) is 18.4 Å². The Kier molecular flexibility index (Phi) is 5.62. The van der Waals surface area contributed by atoms with Crippen LogP contribution in [0.4, 0.5) is 0 Å². The van der Waals surface area contributed by atoms with Crippen LogP contribution in [0.15, 0.2) is 18.2 Å². The third kappa shape index (κ3) is 3.97. The van der Waals surface area contributed by atoms with E-state index in [1.807, 2.05) is 6.07 Å². The first-order valence-corrected chi connectivity index (χ1v) is 7.67. The quantitative estimate of drug-likeness (QED) is 0.864. The summed E-state index contributed by atoms with van der Waals surface area (Å²) in [5, 5.41) is 9.20. The number of ether oxygens (including phenoxy) is 2. The van der Waals surface area contributed by atoms with Crippen LogP contribution in [0.3, 0.4) is 0 Å². The number of aromatic carboxylic acids is 1. The van der Waals surface area contributed by atoms with E-state index in [1.165, 1.54) is 26.4 Å². The van der Waals surface area contributed by atoms with Crippen molar-refractivity contribution in [3.8, 4) is 5.75 Å². The van der Waals surface area contributed by atoms with Crippen molar-refractivity contribution in [2.45, 2.75) is 51.7 Å². The van der Waals surface area contributed by atoms with Crippen molar-refractivity contribution < 1.29 is 19.4 Å². The fourth-order valence-electron chi connectivity index (χ4n) is 3.08. The molecule has 1 aromatic carbocycles. The van der Waals surface area contributed by atoms with Gasteiger partial charge in [0.25, 0.3) is 0 Å². The molecule has 2 rings (SSSR count). The molecule has 0 aliphatic heterocycles. The lowest BCUT2D eigenvalue weighted by molar-refractivity contribution is -0.0222. The van der Waals surface area contributed by atoms with Crippen molar-refractivity contribution in [3.63, 3.8) is 0 Å². The van der Waals surface area contributed by atoms with E-state index in [2.05, 4.69) is 6.92 Å². The molecule has 1 aliphatic carbocycles. The van der Waals surface area contributed by atoms with Crippen molar-refractivity contribution in [3.05, 3.63) is 29.3 Å². The number of carboxylic acids is 1. The van der Waals surface area contributed by atoms with E-state index in [1.54, 1.807) is 12.1 Å². The molecule has 0 aromatic heterocycles. The number of hydrogen-bond donors (Lipinski definition) is 1. The second-order valence-electron chi connectivity index (χ2n) is 5.64. The van der Waals surface area contributed by atoms with E-state index >= 15 is 0 Å². The molecule has 0 spiro atoms. The molecule has 0 bridgehead atoms. The number of methoxy groups -OCH3 is 1. The van der Waals surface area contributed by atoms with E-state index in [-0.39, 0.29) is 5.56 Å². The number of hydrogen-bond acceptors (Lipinski definition) is 3.